The Hall–Kier alpha value is -3.07. The molecule has 2 atom stereocenters. The maximum absolute atomic E-state index is 13.0. The van der Waals surface area contributed by atoms with Gasteiger partial charge in [-0.05, 0) is 30.2 Å². The van der Waals surface area contributed by atoms with Crippen LogP contribution in [0.5, 0.6) is 0 Å². The summed E-state index contributed by atoms with van der Waals surface area (Å²) in [7, 11) is 0. The van der Waals surface area contributed by atoms with Gasteiger partial charge < -0.3 is 10.6 Å². The Bertz CT molecular complexity index is 788. The Morgan fingerprint density at radius 3 is 1.76 bits per heavy atom. The maximum Gasteiger partial charge on any atom is 0.247 e. The van der Waals surface area contributed by atoms with E-state index in [-0.39, 0.29) is 11.9 Å². The van der Waals surface area contributed by atoms with Crippen molar-refractivity contribution >= 4 is 11.6 Å². The van der Waals surface area contributed by atoms with Crippen molar-refractivity contribution in [3.05, 3.63) is 102 Å². The van der Waals surface area contributed by atoms with Crippen LogP contribution in [0.2, 0.25) is 0 Å². The van der Waals surface area contributed by atoms with E-state index in [1.807, 2.05) is 97.9 Å². The van der Waals surface area contributed by atoms with E-state index in [0.29, 0.717) is 0 Å². The van der Waals surface area contributed by atoms with Gasteiger partial charge in [0.1, 0.15) is 6.04 Å². The first-order chi connectivity index (χ1) is 12.2. The van der Waals surface area contributed by atoms with Crippen LogP contribution in [0.25, 0.3) is 0 Å². The van der Waals surface area contributed by atoms with Crippen molar-refractivity contribution in [1.29, 1.82) is 0 Å². The van der Waals surface area contributed by atoms with Crippen LogP contribution in [0.15, 0.2) is 91.0 Å². The second-order valence-corrected chi connectivity index (χ2v) is 6.00. The van der Waals surface area contributed by atoms with Gasteiger partial charge in [0.25, 0.3) is 0 Å². The molecule has 0 aliphatic rings. The van der Waals surface area contributed by atoms with Crippen LogP contribution in [0.4, 0.5) is 5.69 Å². The van der Waals surface area contributed by atoms with Crippen molar-refractivity contribution in [2.45, 2.75) is 19.0 Å². The molecule has 2 unspecified atom stereocenters. The van der Waals surface area contributed by atoms with Crippen LogP contribution < -0.4 is 10.6 Å². The molecule has 3 nitrogen and oxygen atoms in total. The van der Waals surface area contributed by atoms with Crippen molar-refractivity contribution in [2.24, 2.45) is 0 Å². The first kappa shape index (κ1) is 16.8. The summed E-state index contributed by atoms with van der Waals surface area (Å²) >= 11 is 0. The molecule has 2 N–H and O–H groups in total. The van der Waals surface area contributed by atoms with Crippen molar-refractivity contribution < 1.29 is 4.79 Å². The second kappa shape index (κ2) is 8.15. The molecule has 126 valence electrons. The zero-order valence-electron chi connectivity index (χ0n) is 14.2. The van der Waals surface area contributed by atoms with E-state index in [0.717, 1.165) is 16.8 Å². The molecular weight excluding hydrogens is 308 g/mol. The van der Waals surface area contributed by atoms with Crippen molar-refractivity contribution in [1.82, 2.24) is 5.32 Å². The summed E-state index contributed by atoms with van der Waals surface area (Å²) in [5.41, 5.74) is 2.94. The van der Waals surface area contributed by atoms with Crippen LogP contribution >= 0.6 is 0 Å². The highest BCUT2D eigenvalue weighted by molar-refractivity contribution is 5.86. The molecule has 1 amide bonds. The number of amides is 1. The van der Waals surface area contributed by atoms with Gasteiger partial charge in [-0.3, -0.25) is 4.79 Å². The molecule has 0 aliphatic carbocycles. The zero-order valence-corrected chi connectivity index (χ0v) is 14.2. The van der Waals surface area contributed by atoms with E-state index in [1.165, 1.54) is 0 Å². The van der Waals surface area contributed by atoms with E-state index in [2.05, 4.69) is 10.6 Å². The Morgan fingerprint density at radius 1 is 0.720 bits per heavy atom. The minimum Gasteiger partial charge on any atom is -0.370 e. The standard InChI is InChI=1S/C22H22N2O/c1-17(18-11-5-2-6-12-18)23-22(25)21(19-13-7-3-8-14-19)24-20-15-9-4-10-16-20/h2-17,21,24H,1H3,(H,23,25). The fourth-order valence-corrected chi connectivity index (χ4v) is 2.77. The van der Waals surface area contributed by atoms with Gasteiger partial charge >= 0.3 is 0 Å². The van der Waals surface area contributed by atoms with Crippen LogP contribution in [0, 0.1) is 0 Å². The van der Waals surface area contributed by atoms with Gasteiger partial charge in [0, 0.05) is 5.69 Å². The van der Waals surface area contributed by atoms with Gasteiger partial charge in [-0.2, -0.15) is 0 Å². The Balaban J connectivity index is 1.80. The summed E-state index contributed by atoms with van der Waals surface area (Å²) < 4.78 is 0. The summed E-state index contributed by atoms with van der Waals surface area (Å²) in [6.07, 6.45) is 0. The molecule has 0 heterocycles. The molecule has 0 aliphatic heterocycles. The molecule has 0 radical (unpaired) electrons. The topological polar surface area (TPSA) is 41.1 Å². The third kappa shape index (κ3) is 4.48. The number of carbonyl (C=O) groups is 1. The molecule has 0 aromatic heterocycles. The number of anilines is 1. The number of rotatable bonds is 6. The molecule has 3 rings (SSSR count). The van der Waals surface area contributed by atoms with E-state index < -0.39 is 6.04 Å². The quantitative estimate of drug-likeness (QED) is 0.687. The van der Waals surface area contributed by atoms with Gasteiger partial charge in [0.15, 0.2) is 0 Å². The highest BCUT2D eigenvalue weighted by atomic mass is 16.2. The van der Waals surface area contributed by atoms with Gasteiger partial charge in [-0.1, -0.05) is 78.9 Å². The van der Waals surface area contributed by atoms with Gasteiger partial charge in [-0.25, -0.2) is 0 Å². The van der Waals surface area contributed by atoms with E-state index >= 15 is 0 Å². The van der Waals surface area contributed by atoms with Gasteiger partial charge in [0.2, 0.25) is 5.91 Å². The molecule has 0 saturated heterocycles. The molecule has 0 fully saturated rings. The zero-order chi connectivity index (χ0) is 17.5. The molecule has 25 heavy (non-hydrogen) atoms. The third-order valence-corrected chi connectivity index (χ3v) is 4.14. The fraction of sp³-hybridized carbons (Fsp3) is 0.136. The Kier molecular flexibility index (Phi) is 5.47. The lowest BCUT2D eigenvalue weighted by Crippen LogP contribution is -2.35. The minimum atomic E-state index is -0.449. The third-order valence-electron chi connectivity index (χ3n) is 4.14. The van der Waals surface area contributed by atoms with Gasteiger partial charge in [-0.15, -0.1) is 0 Å². The average Bonchev–Trinajstić information content (AvgIpc) is 2.68. The lowest BCUT2D eigenvalue weighted by Gasteiger charge is -2.23. The number of para-hydroxylation sites is 1. The number of benzene rings is 3. The number of carbonyl (C=O) groups excluding carboxylic acids is 1. The molecule has 3 heteroatoms. The lowest BCUT2D eigenvalue weighted by atomic mass is 10.0. The average molecular weight is 330 g/mol. The molecular formula is C22H22N2O. The summed E-state index contributed by atoms with van der Waals surface area (Å²) in [5.74, 6) is -0.0496. The molecule has 0 bridgehead atoms. The molecule has 0 spiro atoms. The SMILES string of the molecule is CC(NC(=O)C(Nc1ccccc1)c1ccccc1)c1ccccc1. The highest BCUT2D eigenvalue weighted by Gasteiger charge is 2.22. The normalized spacial score (nSPS) is 12.8. The summed E-state index contributed by atoms with van der Waals surface area (Å²) in [5, 5.41) is 6.45. The largest absolute Gasteiger partial charge is 0.370 e. The summed E-state index contributed by atoms with van der Waals surface area (Å²) in [6, 6.07) is 29.0. The van der Waals surface area contributed by atoms with E-state index in [1.54, 1.807) is 0 Å². The predicted molar refractivity (Wildman–Crippen MR) is 102 cm³/mol. The summed E-state index contributed by atoms with van der Waals surface area (Å²) in [4.78, 5) is 13.0. The number of hydrogen-bond donors (Lipinski definition) is 2. The number of hydrogen-bond acceptors (Lipinski definition) is 2. The monoisotopic (exact) mass is 330 g/mol. The van der Waals surface area contributed by atoms with Crippen LogP contribution in [-0.2, 0) is 4.79 Å². The Morgan fingerprint density at radius 2 is 1.20 bits per heavy atom. The summed E-state index contributed by atoms with van der Waals surface area (Å²) in [6.45, 7) is 2.00. The van der Waals surface area contributed by atoms with Crippen LogP contribution in [0.1, 0.15) is 30.1 Å². The lowest BCUT2D eigenvalue weighted by molar-refractivity contribution is -0.122. The van der Waals surface area contributed by atoms with E-state index in [4.69, 9.17) is 0 Å². The fourth-order valence-electron chi connectivity index (χ4n) is 2.77. The van der Waals surface area contributed by atoms with E-state index in [9.17, 15) is 4.79 Å². The smallest absolute Gasteiger partial charge is 0.247 e. The molecule has 3 aromatic rings. The molecule has 0 saturated carbocycles. The Labute approximate surface area is 148 Å². The van der Waals surface area contributed by atoms with Crippen molar-refractivity contribution in [3.63, 3.8) is 0 Å². The van der Waals surface area contributed by atoms with Crippen molar-refractivity contribution in [2.75, 3.05) is 5.32 Å². The first-order valence-electron chi connectivity index (χ1n) is 8.46. The maximum atomic E-state index is 13.0. The van der Waals surface area contributed by atoms with Gasteiger partial charge in [0.05, 0.1) is 6.04 Å². The van der Waals surface area contributed by atoms with Crippen LogP contribution in [-0.4, -0.2) is 5.91 Å². The molecule has 3 aromatic carbocycles. The van der Waals surface area contributed by atoms with Crippen molar-refractivity contribution in [3.8, 4) is 0 Å². The first-order valence-corrected chi connectivity index (χ1v) is 8.46. The highest BCUT2D eigenvalue weighted by Crippen LogP contribution is 2.21. The van der Waals surface area contributed by atoms with Crippen LogP contribution in [0.3, 0.4) is 0 Å². The predicted octanol–water partition coefficient (Wildman–Crippen LogP) is 4.72. The number of nitrogens with one attached hydrogen (secondary N) is 2. The second-order valence-electron chi connectivity index (χ2n) is 6.00. The minimum absolute atomic E-state index is 0.0496.